The van der Waals surface area contributed by atoms with Gasteiger partial charge in [0.2, 0.25) is 5.95 Å². The second-order valence-corrected chi connectivity index (χ2v) is 6.93. The molecule has 1 aliphatic carbocycles. The van der Waals surface area contributed by atoms with E-state index in [4.69, 9.17) is 4.42 Å². The normalized spacial score (nSPS) is 12.7. The molecule has 5 rings (SSSR count). The van der Waals surface area contributed by atoms with E-state index in [1.807, 2.05) is 0 Å². The number of halogens is 1. The van der Waals surface area contributed by atoms with Gasteiger partial charge >= 0.3 is 0 Å². The molecule has 0 fully saturated rings. The van der Waals surface area contributed by atoms with Gasteiger partial charge in [-0.1, -0.05) is 0 Å². The number of rotatable bonds is 4. The van der Waals surface area contributed by atoms with Gasteiger partial charge in [0.1, 0.15) is 17.3 Å². The van der Waals surface area contributed by atoms with Crippen LogP contribution in [0.15, 0.2) is 57.9 Å². The Balaban J connectivity index is 1.58. The zero-order valence-corrected chi connectivity index (χ0v) is 15.7. The number of amides is 1. The van der Waals surface area contributed by atoms with E-state index in [1.165, 1.54) is 35.2 Å². The lowest BCUT2D eigenvalue weighted by molar-refractivity contribution is 0.102. The van der Waals surface area contributed by atoms with Gasteiger partial charge in [-0.3, -0.25) is 14.6 Å². The average molecular weight is 405 g/mol. The summed E-state index contributed by atoms with van der Waals surface area (Å²) in [5.74, 6) is 0.0986. The van der Waals surface area contributed by atoms with Crippen LogP contribution >= 0.6 is 0 Å². The number of furan rings is 1. The van der Waals surface area contributed by atoms with E-state index in [9.17, 15) is 14.0 Å². The van der Waals surface area contributed by atoms with Gasteiger partial charge in [-0.25, -0.2) is 9.37 Å². The van der Waals surface area contributed by atoms with Crippen LogP contribution in [0.3, 0.4) is 0 Å². The quantitative estimate of drug-likeness (QED) is 0.543. The molecule has 0 saturated heterocycles. The fourth-order valence-electron chi connectivity index (χ4n) is 3.49. The number of benzene rings is 1. The van der Waals surface area contributed by atoms with Crippen molar-refractivity contribution in [2.45, 2.75) is 19.3 Å². The number of hydrogen-bond donors (Lipinski definition) is 2. The maximum atomic E-state index is 13.2. The van der Waals surface area contributed by atoms with Crippen molar-refractivity contribution in [3.05, 3.63) is 81.7 Å². The number of nitrogens with zero attached hydrogens (tertiary/aromatic N) is 3. The molecule has 150 valence electrons. The highest BCUT2D eigenvalue weighted by molar-refractivity contribution is 6.04. The van der Waals surface area contributed by atoms with Gasteiger partial charge in [-0.15, -0.1) is 0 Å². The maximum Gasteiger partial charge on any atom is 0.256 e. The Labute approximate surface area is 169 Å². The first-order chi connectivity index (χ1) is 14.6. The summed E-state index contributed by atoms with van der Waals surface area (Å²) in [6.45, 7) is 0. The lowest BCUT2D eigenvalue weighted by atomic mass is 10.2. The Morgan fingerprint density at radius 2 is 2.03 bits per heavy atom. The monoisotopic (exact) mass is 405 g/mol. The van der Waals surface area contributed by atoms with Crippen LogP contribution in [0.2, 0.25) is 0 Å². The molecule has 0 unspecified atom stereocenters. The number of fused-ring (bicyclic) bond motifs is 1. The van der Waals surface area contributed by atoms with Crippen LogP contribution in [0.1, 0.15) is 28.0 Å². The molecule has 0 saturated carbocycles. The fourth-order valence-corrected chi connectivity index (χ4v) is 3.49. The van der Waals surface area contributed by atoms with E-state index in [-0.39, 0.29) is 22.9 Å². The molecule has 0 bridgehead atoms. The molecule has 3 heterocycles. The smallest absolute Gasteiger partial charge is 0.256 e. The molecule has 0 atom stereocenters. The molecule has 3 aromatic heterocycles. The van der Waals surface area contributed by atoms with E-state index >= 15 is 0 Å². The summed E-state index contributed by atoms with van der Waals surface area (Å²) in [7, 11) is 0. The molecule has 0 spiro atoms. The molecule has 4 aromatic rings. The molecule has 8 nitrogen and oxygen atoms in total. The molecule has 9 heteroatoms. The largest absolute Gasteiger partial charge is 0.463 e. The molecule has 0 radical (unpaired) electrons. The summed E-state index contributed by atoms with van der Waals surface area (Å²) in [6, 6.07) is 10.3. The minimum absolute atomic E-state index is 0.202. The van der Waals surface area contributed by atoms with Gasteiger partial charge in [0.05, 0.1) is 12.0 Å². The molecule has 1 aliphatic rings. The van der Waals surface area contributed by atoms with Gasteiger partial charge in [-0.2, -0.15) is 9.78 Å². The second kappa shape index (κ2) is 7.11. The minimum atomic E-state index is -0.453. The number of carbonyl (C=O) groups is 1. The van der Waals surface area contributed by atoms with Crippen LogP contribution < -0.4 is 10.9 Å². The summed E-state index contributed by atoms with van der Waals surface area (Å²) in [4.78, 5) is 32.4. The molecule has 30 heavy (non-hydrogen) atoms. The van der Waals surface area contributed by atoms with Crippen LogP contribution in [-0.4, -0.2) is 25.7 Å². The van der Waals surface area contributed by atoms with Crippen molar-refractivity contribution >= 4 is 11.7 Å². The van der Waals surface area contributed by atoms with Crippen LogP contribution in [0.4, 0.5) is 10.2 Å². The lowest BCUT2D eigenvalue weighted by Gasteiger charge is -2.09. The molecule has 2 N–H and O–H groups in total. The number of H-pyrrole nitrogens is 1. The van der Waals surface area contributed by atoms with Gasteiger partial charge < -0.3 is 9.73 Å². The van der Waals surface area contributed by atoms with Crippen LogP contribution in [-0.2, 0) is 12.8 Å². The van der Waals surface area contributed by atoms with E-state index in [0.29, 0.717) is 23.4 Å². The highest BCUT2D eigenvalue weighted by Gasteiger charge is 2.21. The molecule has 1 aromatic carbocycles. The number of aromatic nitrogens is 4. The minimum Gasteiger partial charge on any atom is -0.463 e. The zero-order valence-electron chi connectivity index (χ0n) is 15.7. The number of hydrogen-bond acceptors (Lipinski definition) is 5. The Morgan fingerprint density at radius 1 is 1.20 bits per heavy atom. The van der Waals surface area contributed by atoms with E-state index in [2.05, 4.69) is 20.4 Å². The predicted octanol–water partition coefficient (Wildman–Crippen LogP) is 3.10. The van der Waals surface area contributed by atoms with E-state index in [1.54, 1.807) is 18.2 Å². The standard InChI is InChI=1S/C21H16FN5O3/c22-13-8-6-12(7-9-13)19(28)24-18-11-16(17-5-2-10-30-17)26-27(18)21-23-15-4-1-3-14(15)20(29)25-21/h2,5-11H,1,3-4H2,(H,24,28)(H,23,25,29). The van der Waals surface area contributed by atoms with Gasteiger partial charge in [0, 0.05) is 17.2 Å². The van der Waals surface area contributed by atoms with Crippen LogP contribution in [0.5, 0.6) is 0 Å². The summed E-state index contributed by atoms with van der Waals surface area (Å²) >= 11 is 0. The van der Waals surface area contributed by atoms with Crippen LogP contribution in [0, 0.1) is 5.82 Å². The third-order valence-corrected chi connectivity index (χ3v) is 4.96. The van der Waals surface area contributed by atoms with Crippen molar-refractivity contribution in [2.75, 3.05) is 5.32 Å². The summed E-state index contributed by atoms with van der Waals surface area (Å²) in [5.41, 5.74) is 1.95. The molecular weight excluding hydrogens is 389 g/mol. The van der Waals surface area contributed by atoms with E-state index < -0.39 is 11.7 Å². The van der Waals surface area contributed by atoms with Crippen molar-refractivity contribution in [1.82, 2.24) is 19.7 Å². The fraction of sp³-hybridized carbons (Fsp3) is 0.143. The first-order valence-corrected chi connectivity index (χ1v) is 9.42. The second-order valence-electron chi connectivity index (χ2n) is 6.93. The van der Waals surface area contributed by atoms with Crippen LogP contribution in [0.25, 0.3) is 17.4 Å². The Hall–Kier alpha value is -4.01. The van der Waals surface area contributed by atoms with Gasteiger partial charge in [0.25, 0.3) is 11.5 Å². The average Bonchev–Trinajstić information content (AvgIpc) is 3.48. The summed E-state index contributed by atoms with van der Waals surface area (Å²) in [5, 5.41) is 7.22. The highest BCUT2D eigenvalue weighted by Crippen LogP contribution is 2.25. The molecule has 1 amide bonds. The zero-order chi connectivity index (χ0) is 20.7. The number of aromatic amines is 1. The number of nitrogens with one attached hydrogen (secondary N) is 2. The third kappa shape index (κ3) is 3.20. The van der Waals surface area contributed by atoms with Crippen molar-refractivity contribution in [1.29, 1.82) is 0 Å². The number of aryl methyl sites for hydroxylation is 1. The molecule has 0 aliphatic heterocycles. The van der Waals surface area contributed by atoms with Gasteiger partial charge in [-0.05, 0) is 55.7 Å². The van der Waals surface area contributed by atoms with E-state index in [0.717, 1.165) is 18.5 Å². The van der Waals surface area contributed by atoms with Crippen molar-refractivity contribution in [2.24, 2.45) is 0 Å². The lowest BCUT2D eigenvalue weighted by Crippen LogP contribution is -2.21. The van der Waals surface area contributed by atoms with Crippen molar-refractivity contribution in [3.63, 3.8) is 0 Å². The number of carbonyl (C=O) groups excluding carboxylic acids is 1. The van der Waals surface area contributed by atoms with Crippen molar-refractivity contribution in [3.8, 4) is 17.4 Å². The first kappa shape index (κ1) is 18.0. The number of anilines is 1. The van der Waals surface area contributed by atoms with Gasteiger partial charge in [0.15, 0.2) is 5.76 Å². The topological polar surface area (TPSA) is 106 Å². The Bertz CT molecular complexity index is 1290. The Morgan fingerprint density at radius 3 is 2.80 bits per heavy atom. The maximum absolute atomic E-state index is 13.2. The predicted molar refractivity (Wildman–Crippen MR) is 106 cm³/mol. The third-order valence-electron chi connectivity index (χ3n) is 4.96. The highest BCUT2D eigenvalue weighted by atomic mass is 19.1. The first-order valence-electron chi connectivity index (χ1n) is 9.42. The summed E-state index contributed by atoms with van der Waals surface area (Å²) < 4.78 is 19.9. The van der Waals surface area contributed by atoms with Crippen molar-refractivity contribution < 1.29 is 13.6 Å². The molecular formula is C21H16FN5O3. The Kier molecular flexibility index (Phi) is 4.27. The summed E-state index contributed by atoms with van der Waals surface area (Å²) in [6.07, 6.45) is 3.80. The SMILES string of the molecule is O=C(Nc1cc(-c2ccco2)nn1-c1nc2c(c(=O)[nH]1)CCC2)c1ccc(F)cc1.